The number of sulfonamides is 1. The van der Waals surface area contributed by atoms with E-state index in [9.17, 15) is 13.2 Å². The molecule has 6 rings (SSSR count). The molecule has 10 heteroatoms. The second-order valence-corrected chi connectivity index (χ2v) is 12.5. The maximum Gasteiger partial charge on any atom is 0.262 e. The maximum atomic E-state index is 13.2. The normalized spacial score (nSPS) is 15.6. The van der Waals surface area contributed by atoms with Gasteiger partial charge in [-0.25, -0.2) is 13.4 Å². The van der Waals surface area contributed by atoms with Crippen LogP contribution in [0.15, 0.2) is 71.9 Å². The van der Waals surface area contributed by atoms with Gasteiger partial charge in [0.15, 0.2) is 0 Å². The van der Waals surface area contributed by atoms with Gasteiger partial charge in [0.2, 0.25) is 11.8 Å². The molecule has 206 valence electrons. The summed E-state index contributed by atoms with van der Waals surface area (Å²) in [5.74, 6) is 0.350. The van der Waals surface area contributed by atoms with Crippen LogP contribution in [-0.4, -0.2) is 58.6 Å². The number of carbonyl (C=O) groups excluding carboxylic acids is 1. The number of pyridine rings is 2. The number of rotatable bonds is 9. The lowest BCUT2D eigenvalue weighted by atomic mass is 9.92. The smallest absolute Gasteiger partial charge is 0.262 e. The van der Waals surface area contributed by atoms with E-state index in [2.05, 4.69) is 28.8 Å². The van der Waals surface area contributed by atoms with Crippen LogP contribution < -0.4 is 19.3 Å². The van der Waals surface area contributed by atoms with E-state index in [1.165, 1.54) is 4.90 Å². The SMILES string of the molecule is CN1C(=O)C2(CC2)c2c1cnc1ccc(-c3cnc(OCCC[NH+](C)C)c(NS(=O)(=O)c4ccccc4)c3)cc21. The van der Waals surface area contributed by atoms with Gasteiger partial charge in [0.1, 0.15) is 5.69 Å². The summed E-state index contributed by atoms with van der Waals surface area (Å²) < 4.78 is 35.1. The average Bonchev–Trinajstić information content (AvgIpc) is 3.72. The van der Waals surface area contributed by atoms with Gasteiger partial charge in [0.05, 0.1) is 55.0 Å². The third kappa shape index (κ3) is 4.56. The number of hydrogen-bond donors (Lipinski definition) is 2. The van der Waals surface area contributed by atoms with E-state index >= 15 is 0 Å². The number of hydrogen-bond acceptors (Lipinski definition) is 6. The lowest BCUT2D eigenvalue weighted by Crippen LogP contribution is -3.05. The van der Waals surface area contributed by atoms with Crippen LogP contribution in [0.5, 0.6) is 5.88 Å². The van der Waals surface area contributed by atoms with Gasteiger partial charge in [-0.3, -0.25) is 14.5 Å². The first-order valence-electron chi connectivity index (χ1n) is 13.4. The molecule has 2 aromatic heterocycles. The minimum absolute atomic E-state index is 0.124. The van der Waals surface area contributed by atoms with E-state index in [-0.39, 0.29) is 22.4 Å². The largest absolute Gasteiger partial charge is 0.476 e. The first-order chi connectivity index (χ1) is 19.2. The molecule has 1 spiro atoms. The first kappa shape index (κ1) is 26.2. The Kier molecular flexibility index (Phi) is 6.47. The summed E-state index contributed by atoms with van der Waals surface area (Å²) >= 11 is 0. The average molecular weight is 559 g/mol. The molecule has 1 amide bonds. The van der Waals surface area contributed by atoms with Gasteiger partial charge < -0.3 is 14.5 Å². The van der Waals surface area contributed by atoms with Gasteiger partial charge in [-0.15, -0.1) is 0 Å². The Morgan fingerprint density at radius 1 is 1.02 bits per heavy atom. The molecule has 1 aliphatic heterocycles. The first-order valence-corrected chi connectivity index (χ1v) is 14.9. The zero-order valence-corrected chi connectivity index (χ0v) is 23.6. The van der Waals surface area contributed by atoms with Crippen molar-refractivity contribution in [1.29, 1.82) is 0 Å². The van der Waals surface area contributed by atoms with Crippen molar-refractivity contribution < 1.29 is 22.8 Å². The molecular formula is C30H32N5O4S+. The molecule has 0 saturated heterocycles. The fourth-order valence-electron chi connectivity index (χ4n) is 5.44. The number of fused-ring (bicyclic) bond motifs is 4. The van der Waals surface area contributed by atoms with Crippen molar-refractivity contribution >= 4 is 38.2 Å². The molecule has 4 aromatic rings. The Balaban J connectivity index is 1.40. The molecule has 0 atom stereocenters. The molecule has 1 aliphatic carbocycles. The van der Waals surface area contributed by atoms with Crippen molar-refractivity contribution in [3.05, 3.63) is 72.6 Å². The summed E-state index contributed by atoms with van der Waals surface area (Å²) in [5, 5.41) is 0.933. The molecule has 2 aliphatic rings. The van der Waals surface area contributed by atoms with Crippen LogP contribution in [-0.2, 0) is 20.2 Å². The lowest BCUT2D eigenvalue weighted by molar-refractivity contribution is -0.858. The highest BCUT2D eigenvalue weighted by Crippen LogP contribution is 2.58. The minimum Gasteiger partial charge on any atom is -0.476 e. The number of anilines is 2. The zero-order chi connectivity index (χ0) is 28.1. The van der Waals surface area contributed by atoms with Gasteiger partial charge in [-0.05, 0) is 48.7 Å². The summed E-state index contributed by atoms with van der Waals surface area (Å²) in [7, 11) is 2.08. The summed E-state index contributed by atoms with van der Waals surface area (Å²) in [6, 6.07) is 15.9. The predicted octanol–water partition coefficient (Wildman–Crippen LogP) is 3.02. The molecule has 40 heavy (non-hydrogen) atoms. The Hall–Kier alpha value is -4.02. The lowest BCUT2D eigenvalue weighted by Gasteiger charge is -2.15. The number of benzene rings is 2. The fourth-order valence-corrected chi connectivity index (χ4v) is 6.51. The maximum absolute atomic E-state index is 13.2. The van der Waals surface area contributed by atoms with Crippen LogP contribution >= 0.6 is 0 Å². The van der Waals surface area contributed by atoms with Gasteiger partial charge in [-0.2, -0.15) is 0 Å². The minimum atomic E-state index is -3.87. The van der Waals surface area contributed by atoms with Crippen molar-refractivity contribution in [3.8, 4) is 17.0 Å². The van der Waals surface area contributed by atoms with Gasteiger partial charge in [-0.1, -0.05) is 24.3 Å². The molecular weight excluding hydrogens is 526 g/mol. The highest BCUT2D eigenvalue weighted by molar-refractivity contribution is 7.92. The third-order valence-electron chi connectivity index (χ3n) is 7.69. The second-order valence-electron chi connectivity index (χ2n) is 10.9. The molecule has 2 N–H and O–H groups in total. The Morgan fingerprint density at radius 2 is 1.80 bits per heavy atom. The number of likely N-dealkylation sites (N-methyl/N-ethyl adjacent to an activating group) is 1. The number of ether oxygens (including phenoxy) is 1. The van der Waals surface area contributed by atoms with E-state index in [0.29, 0.717) is 6.61 Å². The van der Waals surface area contributed by atoms with Crippen molar-refractivity contribution in [1.82, 2.24) is 9.97 Å². The van der Waals surface area contributed by atoms with Crippen LogP contribution in [0.3, 0.4) is 0 Å². The third-order valence-corrected chi connectivity index (χ3v) is 9.08. The van der Waals surface area contributed by atoms with Crippen LogP contribution in [0.25, 0.3) is 22.0 Å². The summed E-state index contributed by atoms with van der Waals surface area (Å²) in [6.45, 7) is 1.33. The summed E-state index contributed by atoms with van der Waals surface area (Å²) in [6.07, 6.45) is 5.94. The number of quaternary nitrogens is 1. The second kappa shape index (κ2) is 9.87. The highest BCUT2D eigenvalue weighted by atomic mass is 32.2. The van der Waals surface area contributed by atoms with Crippen LogP contribution in [0.1, 0.15) is 24.8 Å². The summed E-state index contributed by atoms with van der Waals surface area (Å²) in [4.78, 5) is 25.3. The monoisotopic (exact) mass is 558 g/mol. The van der Waals surface area contributed by atoms with Crippen molar-refractivity contribution in [2.45, 2.75) is 29.6 Å². The van der Waals surface area contributed by atoms with Crippen LogP contribution in [0, 0.1) is 0 Å². The van der Waals surface area contributed by atoms with Crippen LogP contribution in [0.4, 0.5) is 11.4 Å². The highest BCUT2D eigenvalue weighted by Gasteiger charge is 2.59. The Bertz CT molecular complexity index is 1720. The molecule has 3 heterocycles. The predicted molar refractivity (Wildman–Crippen MR) is 154 cm³/mol. The van der Waals surface area contributed by atoms with E-state index in [0.717, 1.165) is 59.1 Å². The van der Waals surface area contributed by atoms with Crippen molar-refractivity contribution in [2.24, 2.45) is 0 Å². The number of nitrogens with one attached hydrogen (secondary N) is 2. The number of carbonyl (C=O) groups is 1. The number of aromatic nitrogens is 2. The Morgan fingerprint density at radius 3 is 2.52 bits per heavy atom. The van der Waals surface area contributed by atoms with Crippen molar-refractivity contribution in [2.75, 3.05) is 43.9 Å². The van der Waals surface area contributed by atoms with E-state index in [4.69, 9.17) is 4.74 Å². The van der Waals surface area contributed by atoms with Gasteiger partial charge in [0, 0.05) is 36.2 Å². The molecule has 1 saturated carbocycles. The van der Waals surface area contributed by atoms with E-state index in [1.807, 2.05) is 18.2 Å². The zero-order valence-electron chi connectivity index (χ0n) is 22.8. The molecule has 0 unspecified atom stereocenters. The molecule has 0 radical (unpaired) electrons. The topological polar surface area (TPSA) is 106 Å². The summed E-state index contributed by atoms with van der Waals surface area (Å²) in [5.41, 5.74) is 4.08. The van der Waals surface area contributed by atoms with Gasteiger partial charge in [0.25, 0.3) is 10.0 Å². The molecule has 2 aromatic carbocycles. The number of nitrogens with zero attached hydrogens (tertiary/aromatic N) is 3. The standard InChI is InChI=1S/C30H31N5O4S/c1-34(2)14-7-15-39-28-25(33-40(37,38)22-8-5-4-6-9-22)17-21(18-32-28)20-10-11-24-23(16-20)27-26(19-31-24)35(3)29(36)30(27)12-13-30/h4-6,8-11,16-19,33H,7,12-15H2,1-3H3/p+1. The molecule has 0 bridgehead atoms. The molecule has 1 fully saturated rings. The number of amides is 1. The van der Waals surface area contributed by atoms with Crippen LogP contribution in [0.2, 0.25) is 0 Å². The Labute approximate surface area is 233 Å². The van der Waals surface area contributed by atoms with E-state index < -0.39 is 15.4 Å². The van der Waals surface area contributed by atoms with Gasteiger partial charge >= 0.3 is 0 Å². The fraction of sp³-hybridized carbons (Fsp3) is 0.300. The quantitative estimate of drug-likeness (QED) is 0.306. The molecule has 9 nitrogen and oxygen atoms in total. The van der Waals surface area contributed by atoms with Crippen molar-refractivity contribution in [3.63, 3.8) is 0 Å². The van der Waals surface area contributed by atoms with E-state index in [1.54, 1.807) is 60.7 Å².